The summed E-state index contributed by atoms with van der Waals surface area (Å²) in [7, 11) is 0. The molecule has 1 aromatic carbocycles. The van der Waals surface area contributed by atoms with E-state index >= 15 is 0 Å². The average molecular weight is 279 g/mol. The van der Waals surface area contributed by atoms with Gasteiger partial charge >= 0.3 is 0 Å². The molecule has 4 nitrogen and oxygen atoms in total. The van der Waals surface area contributed by atoms with E-state index in [0.717, 1.165) is 18.9 Å². The molecule has 0 spiro atoms. The maximum absolute atomic E-state index is 12.2. The van der Waals surface area contributed by atoms with E-state index in [-0.39, 0.29) is 5.56 Å². The van der Waals surface area contributed by atoms with Crippen LogP contribution in [0.4, 0.5) is 5.82 Å². The van der Waals surface area contributed by atoms with Gasteiger partial charge in [-0.2, -0.15) is 0 Å². The van der Waals surface area contributed by atoms with Crippen LogP contribution >= 0.6 is 0 Å². The lowest BCUT2D eigenvalue weighted by atomic mass is 10.2. The summed E-state index contributed by atoms with van der Waals surface area (Å²) in [5, 5.41) is 0. The zero-order valence-electron chi connectivity index (χ0n) is 11.9. The van der Waals surface area contributed by atoms with Crippen molar-refractivity contribution in [1.82, 2.24) is 9.38 Å². The molecule has 0 bridgehead atoms. The number of fused-ring (bicyclic) bond motifs is 1. The van der Waals surface area contributed by atoms with Crippen LogP contribution in [0.25, 0.3) is 5.65 Å². The highest BCUT2D eigenvalue weighted by atomic mass is 16.1. The lowest BCUT2D eigenvalue weighted by Crippen LogP contribution is -2.26. The first-order chi connectivity index (χ1) is 10.3. The summed E-state index contributed by atoms with van der Waals surface area (Å²) in [6, 6.07) is 17.4. The van der Waals surface area contributed by atoms with Gasteiger partial charge in [-0.1, -0.05) is 36.4 Å². The van der Waals surface area contributed by atoms with E-state index in [0.29, 0.717) is 5.65 Å². The normalized spacial score (nSPS) is 10.7. The van der Waals surface area contributed by atoms with Crippen LogP contribution in [0, 0.1) is 0 Å². The molecule has 0 atom stereocenters. The van der Waals surface area contributed by atoms with Crippen molar-refractivity contribution in [3.05, 3.63) is 76.7 Å². The summed E-state index contributed by atoms with van der Waals surface area (Å²) in [5.41, 5.74) is 1.82. The van der Waals surface area contributed by atoms with Crippen molar-refractivity contribution >= 4 is 11.5 Å². The first-order valence-corrected chi connectivity index (χ1v) is 7.05. The van der Waals surface area contributed by atoms with Gasteiger partial charge in [-0.3, -0.25) is 9.20 Å². The molecule has 21 heavy (non-hydrogen) atoms. The Morgan fingerprint density at radius 2 is 1.86 bits per heavy atom. The molecular weight excluding hydrogens is 262 g/mol. The van der Waals surface area contributed by atoms with Crippen LogP contribution in [-0.4, -0.2) is 15.9 Å². The molecule has 0 saturated heterocycles. The minimum atomic E-state index is -0.0536. The van der Waals surface area contributed by atoms with Gasteiger partial charge in [0.05, 0.1) is 0 Å². The SMILES string of the molecule is CCN(Cc1ccccc1)c1cc(=O)n2ccccc2n1. The zero-order chi connectivity index (χ0) is 14.7. The van der Waals surface area contributed by atoms with Crippen molar-refractivity contribution in [2.75, 3.05) is 11.4 Å². The Hall–Kier alpha value is -2.62. The van der Waals surface area contributed by atoms with E-state index in [9.17, 15) is 4.79 Å². The number of anilines is 1. The van der Waals surface area contributed by atoms with Crippen LogP contribution in [0.15, 0.2) is 65.6 Å². The number of hydrogen-bond donors (Lipinski definition) is 0. The summed E-state index contributed by atoms with van der Waals surface area (Å²) in [4.78, 5) is 18.9. The van der Waals surface area contributed by atoms with Gasteiger partial charge in [0.1, 0.15) is 11.5 Å². The Balaban J connectivity index is 1.99. The smallest absolute Gasteiger partial charge is 0.259 e. The van der Waals surface area contributed by atoms with Gasteiger partial charge in [-0.05, 0) is 24.6 Å². The molecule has 106 valence electrons. The summed E-state index contributed by atoms with van der Waals surface area (Å²) in [5.74, 6) is 0.720. The van der Waals surface area contributed by atoms with Crippen LogP contribution in [0.3, 0.4) is 0 Å². The van der Waals surface area contributed by atoms with Crippen molar-refractivity contribution in [2.45, 2.75) is 13.5 Å². The molecule has 3 rings (SSSR count). The van der Waals surface area contributed by atoms with E-state index in [2.05, 4.69) is 28.9 Å². The minimum absolute atomic E-state index is 0.0536. The first-order valence-electron chi connectivity index (χ1n) is 7.05. The molecule has 0 aliphatic heterocycles. The number of hydrogen-bond acceptors (Lipinski definition) is 3. The van der Waals surface area contributed by atoms with Gasteiger partial charge in [-0.25, -0.2) is 4.98 Å². The van der Waals surface area contributed by atoms with Crippen molar-refractivity contribution in [1.29, 1.82) is 0 Å². The molecule has 2 heterocycles. The summed E-state index contributed by atoms with van der Waals surface area (Å²) in [6.45, 7) is 3.61. The van der Waals surface area contributed by atoms with Gasteiger partial charge in [0.15, 0.2) is 0 Å². The van der Waals surface area contributed by atoms with E-state index < -0.39 is 0 Å². The van der Waals surface area contributed by atoms with Gasteiger partial charge in [0.25, 0.3) is 5.56 Å². The van der Waals surface area contributed by atoms with Crippen molar-refractivity contribution in [3.63, 3.8) is 0 Å². The Bertz CT molecular complexity index is 796. The lowest BCUT2D eigenvalue weighted by molar-refractivity contribution is 0.809. The van der Waals surface area contributed by atoms with Crippen LogP contribution in [0.5, 0.6) is 0 Å². The number of aromatic nitrogens is 2. The fourth-order valence-electron chi connectivity index (χ4n) is 2.36. The second-order valence-corrected chi connectivity index (χ2v) is 4.88. The lowest BCUT2D eigenvalue weighted by Gasteiger charge is -2.22. The highest BCUT2D eigenvalue weighted by Crippen LogP contribution is 2.13. The van der Waals surface area contributed by atoms with E-state index in [4.69, 9.17) is 0 Å². The monoisotopic (exact) mass is 279 g/mol. The molecule has 0 amide bonds. The molecule has 0 N–H and O–H groups in total. The molecule has 0 saturated carbocycles. The van der Waals surface area contributed by atoms with E-state index in [1.807, 2.05) is 36.4 Å². The Labute approximate surface area is 123 Å². The van der Waals surface area contributed by atoms with Gasteiger partial charge in [0, 0.05) is 25.4 Å². The van der Waals surface area contributed by atoms with Crippen LogP contribution < -0.4 is 10.5 Å². The summed E-state index contributed by atoms with van der Waals surface area (Å²) >= 11 is 0. The summed E-state index contributed by atoms with van der Waals surface area (Å²) < 4.78 is 1.56. The molecular formula is C17H17N3O. The number of nitrogens with zero attached hydrogens (tertiary/aromatic N) is 3. The van der Waals surface area contributed by atoms with E-state index in [1.165, 1.54) is 5.56 Å². The molecule has 0 aliphatic carbocycles. The Kier molecular flexibility index (Phi) is 3.69. The fourth-order valence-corrected chi connectivity index (χ4v) is 2.36. The van der Waals surface area contributed by atoms with Crippen LogP contribution in [0.1, 0.15) is 12.5 Å². The quantitative estimate of drug-likeness (QED) is 0.737. The van der Waals surface area contributed by atoms with E-state index in [1.54, 1.807) is 16.7 Å². The average Bonchev–Trinajstić information content (AvgIpc) is 2.53. The maximum Gasteiger partial charge on any atom is 0.259 e. The third kappa shape index (κ3) is 2.79. The number of pyridine rings is 1. The second-order valence-electron chi connectivity index (χ2n) is 4.88. The molecule has 0 aliphatic rings. The Morgan fingerprint density at radius 1 is 1.10 bits per heavy atom. The van der Waals surface area contributed by atoms with Crippen molar-refractivity contribution in [2.24, 2.45) is 0 Å². The van der Waals surface area contributed by atoms with Crippen molar-refractivity contribution in [3.8, 4) is 0 Å². The molecule has 0 fully saturated rings. The standard InChI is InChI=1S/C17H17N3O/c1-2-19(13-14-8-4-3-5-9-14)16-12-17(21)20-11-7-6-10-15(20)18-16/h3-12H,2,13H2,1H3. The first kappa shape index (κ1) is 13.4. The highest BCUT2D eigenvalue weighted by Gasteiger charge is 2.09. The van der Waals surface area contributed by atoms with Gasteiger partial charge in [0.2, 0.25) is 0 Å². The summed E-state index contributed by atoms with van der Waals surface area (Å²) in [6.07, 6.45) is 1.74. The van der Waals surface area contributed by atoms with Crippen LogP contribution in [0.2, 0.25) is 0 Å². The predicted molar refractivity (Wildman–Crippen MR) is 84.6 cm³/mol. The van der Waals surface area contributed by atoms with Crippen LogP contribution in [-0.2, 0) is 6.54 Å². The topological polar surface area (TPSA) is 37.6 Å². The molecule has 0 unspecified atom stereocenters. The molecule has 4 heteroatoms. The number of rotatable bonds is 4. The molecule has 3 aromatic rings. The molecule has 0 radical (unpaired) electrons. The highest BCUT2D eigenvalue weighted by molar-refractivity contribution is 5.48. The second kappa shape index (κ2) is 5.79. The largest absolute Gasteiger partial charge is 0.352 e. The van der Waals surface area contributed by atoms with Crippen molar-refractivity contribution < 1.29 is 0 Å². The van der Waals surface area contributed by atoms with Gasteiger partial charge < -0.3 is 4.90 Å². The minimum Gasteiger partial charge on any atom is -0.352 e. The zero-order valence-corrected chi connectivity index (χ0v) is 11.9. The molecule has 2 aromatic heterocycles. The van der Waals surface area contributed by atoms with Gasteiger partial charge in [-0.15, -0.1) is 0 Å². The Morgan fingerprint density at radius 3 is 2.62 bits per heavy atom. The third-order valence-corrected chi connectivity index (χ3v) is 3.48. The maximum atomic E-state index is 12.2. The number of benzene rings is 1. The predicted octanol–water partition coefficient (Wildman–Crippen LogP) is 2.72. The fraction of sp³-hybridized carbons (Fsp3) is 0.176. The third-order valence-electron chi connectivity index (χ3n) is 3.48.